The second kappa shape index (κ2) is 12.7. The Morgan fingerprint density at radius 2 is 0.905 bits per heavy atom. The van der Waals surface area contributed by atoms with Gasteiger partial charge in [-0.15, -0.1) is 0 Å². The van der Waals surface area contributed by atoms with Crippen molar-refractivity contribution in [2.45, 2.75) is 13.1 Å². The summed E-state index contributed by atoms with van der Waals surface area (Å²) in [5, 5.41) is 16.3. The van der Waals surface area contributed by atoms with Crippen molar-refractivity contribution in [3.63, 3.8) is 0 Å². The molecule has 0 amide bonds. The van der Waals surface area contributed by atoms with Gasteiger partial charge in [-0.05, 0) is 137 Å². The van der Waals surface area contributed by atoms with Gasteiger partial charge in [-0.1, -0.05) is 153 Å². The van der Waals surface area contributed by atoms with Crippen LogP contribution < -0.4 is 10.4 Å². The molecule has 1 aliphatic heterocycles. The van der Waals surface area contributed by atoms with E-state index in [0.717, 1.165) is 0 Å². The van der Waals surface area contributed by atoms with Gasteiger partial charge in [-0.25, -0.2) is 0 Å². The average molecular weight is 817 g/mol. The Bertz CT molecular complexity index is 4040. The molecule has 0 aliphatic carbocycles. The second-order valence-corrected chi connectivity index (χ2v) is 22.4. The molecule has 13 aromatic rings. The zero-order valence-electron chi connectivity index (χ0n) is 35.0. The van der Waals surface area contributed by atoms with E-state index in [4.69, 9.17) is 0 Å². The molecule has 0 saturated heterocycles. The average Bonchev–Trinajstić information content (AvgIpc) is 3.93. The summed E-state index contributed by atoms with van der Waals surface area (Å²) in [6.45, 7) is 5.07. The highest BCUT2D eigenvalue weighted by Crippen LogP contribution is 2.45. The van der Waals surface area contributed by atoms with Crippen molar-refractivity contribution in [3.05, 3.63) is 206 Å². The van der Waals surface area contributed by atoms with E-state index in [1.165, 1.54) is 121 Å². The van der Waals surface area contributed by atoms with Crippen LogP contribution >= 0.6 is 0 Å². The molecule has 0 atom stereocenters. The molecule has 11 aromatic carbocycles. The minimum Gasteiger partial charge on any atom is -0.309 e. The fourth-order valence-corrected chi connectivity index (χ4v) is 15.1. The van der Waals surface area contributed by atoms with Crippen LogP contribution in [-0.2, 0) is 0 Å². The third-order valence-electron chi connectivity index (χ3n) is 14.4. The fourth-order valence-electron chi connectivity index (χ4n) is 11.6. The summed E-state index contributed by atoms with van der Waals surface area (Å²) < 4.78 is 4.94. The molecule has 2 aromatic heterocycles. The van der Waals surface area contributed by atoms with Crippen LogP contribution in [0.25, 0.3) is 121 Å². The topological polar surface area (TPSA) is 9.86 Å². The number of nitrogens with zero attached hydrogens (tertiary/aromatic N) is 2. The zero-order chi connectivity index (χ0) is 41.6. The monoisotopic (exact) mass is 816 g/mol. The van der Waals surface area contributed by atoms with Crippen LogP contribution in [0.2, 0.25) is 13.1 Å². The van der Waals surface area contributed by atoms with Crippen molar-refractivity contribution in [2.75, 3.05) is 0 Å². The third kappa shape index (κ3) is 4.77. The van der Waals surface area contributed by atoms with Gasteiger partial charge >= 0.3 is 0 Å². The molecule has 63 heavy (non-hydrogen) atoms. The maximum absolute atomic E-state index is 2.54. The maximum atomic E-state index is 2.54. The van der Waals surface area contributed by atoms with Crippen LogP contribution in [-0.4, -0.2) is 17.2 Å². The van der Waals surface area contributed by atoms with E-state index in [9.17, 15) is 0 Å². The van der Waals surface area contributed by atoms with E-state index in [-0.39, 0.29) is 0 Å². The normalized spacial score (nSPS) is 13.4. The van der Waals surface area contributed by atoms with Crippen molar-refractivity contribution in [1.29, 1.82) is 0 Å². The molecule has 3 heteroatoms. The summed E-state index contributed by atoms with van der Waals surface area (Å²) in [5.74, 6) is 0. The van der Waals surface area contributed by atoms with Gasteiger partial charge in [0.2, 0.25) is 0 Å². The van der Waals surface area contributed by atoms with Gasteiger partial charge in [0.25, 0.3) is 0 Å². The number of hydrogen-bond acceptors (Lipinski definition) is 0. The molecule has 0 radical (unpaired) electrons. The van der Waals surface area contributed by atoms with E-state index in [1.807, 2.05) is 0 Å². The molecule has 294 valence electrons. The predicted octanol–water partition coefficient (Wildman–Crippen LogP) is 14.9. The molecule has 0 unspecified atom stereocenters. The van der Waals surface area contributed by atoms with Crippen LogP contribution in [0.4, 0.5) is 0 Å². The lowest BCUT2D eigenvalue weighted by molar-refractivity contribution is 1.18. The van der Waals surface area contributed by atoms with Gasteiger partial charge in [-0.2, -0.15) is 0 Å². The molecule has 14 rings (SSSR count). The number of aromatic nitrogens is 2. The van der Waals surface area contributed by atoms with Gasteiger partial charge in [0, 0.05) is 32.6 Å². The van der Waals surface area contributed by atoms with Gasteiger partial charge in [0.05, 0.1) is 27.8 Å². The quantitative estimate of drug-likeness (QED) is 0.124. The Morgan fingerprint density at radius 3 is 1.65 bits per heavy atom. The van der Waals surface area contributed by atoms with E-state index < -0.39 is 8.07 Å². The summed E-state index contributed by atoms with van der Waals surface area (Å²) in [6.07, 6.45) is 0. The lowest BCUT2D eigenvalue weighted by Crippen LogP contribution is -2.49. The zero-order valence-corrected chi connectivity index (χ0v) is 36.0. The molecule has 3 heterocycles. The first-order chi connectivity index (χ1) is 31.0. The van der Waals surface area contributed by atoms with E-state index in [2.05, 4.69) is 228 Å². The van der Waals surface area contributed by atoms with Crippen LogP contribution in [0.5, 0.6) is 0 Å². The standard InChI is InChI=1S/C60H40N2Si/c1-63(2)57-23-12-10-20-45(57)51-35-42-36-56(46-21-13-16-38-24-28-47(60(51)63)59(42)58(38)46)62-52-22-11-9-19-44(52)48-33-40(27-31-55(48)62)41-26-30-54-50(34-41)49-32-39(37-14-5-3-6-15-37)25-29-53(49)61(54)43-17-7-4-8-18-43/h3-36H,1-2H3. The number of para-hydroxylation sites is 2. The highest BCUT2D eigenvalue weighted by atomic mass is 28.3. The van der Waals surface area contributed by atoms with E-state index in [1.54, 1.807) is 10.4 Å². The molecule has 1 aliphatic rings. The molecule has 0 spiro atoms. The van der Waals surface area contributed by atoms with Gasteiger partial charge in [-0.3, -0.25) is 0 Å². The number of fused-ring (bicyclic) bond motifs is 10. The summed E-state index contributed by atoms with van der Waals surface area (Å²) in [5.41, 5.74) is 15.0. The largest absolute Gasteiger partial charge is 0.309 e. The Labute approximate surface area is 365 Å². The smallest absolute Gasteiger partial charge is 0.114 e. The van der Waals surface area contributed by atoms with E-state index in [0.29, 0.717) is 0 Å². The summed E-state index contributed by atoms with van der Waals surface area (Å²) in [7, 11) is -1.91. The molecule has 0 fully saturated rings. The lowest BCUT2D eigenvalue weighted by Gasteiger charge is -2.23. The van der Waals surface area contributed by atoms with Crippen molar-refractivity contribution in [3.8, 4) is 44.8 Å². The maximum Gasteiger partial charge on any atom is 0.114 e. The Balaban J connectivity index is 0.996. The molecule has 0 saturated carbocycles. The van der Waals surface area contributed by atoms with Gasteiger partial charge < -0.3 is 9.13 Å². The van der Waals surface area contributed by atoms with Crippen molar-refractivity contribution < 1.29 is 0 Å². The Morgan fingerprint density at radius 1 is 0.333 bits per heavy atom. The summed E-state index contributed by atoms with van der Waals surface area (Å²) >= 11 is 0. The Hall–Kier alpha value is -7.72. The van der Waals surface area contributed by atoms with Crippen LogP contribution in [0.3, 0.4) is 0 Å². The van der Waals surface area contributed by atoms with Crippen LogP contribution in [0.15, 0.2) is 206 Å². The third-order valence-corrected chi connectivity index (χ3v) is 18.0. The molecule has 2 nitrogen and oxygen atoms in total. The van der Waals surface area contributed by atoms with E-state index >= 15 is 0 Å². The second-order valence-electron chi connectivity index (χ2n) is 18.1. The first kappa shape index (κ1) is 34.9. The summed E-state index contributed by atoms with van der Waals surface area (Å²) in [4.78, 5) is 0. The first-order valence-electron chi connectivity index (χ1n) is 22.1. The van der Waals surface area contributed by atoms with Crippen molar-refractivity contribution >= 4 is 94.4 Å². The Kier molecular flexibility index (Phi) is 7.02. The number of benzene rings is 11. The molecular formula is C60H40N2Si. The fraction of sp³-hybridized carbons (Fsp3) is 0.0333. The van der Waals surface area contributed by atoms with Crippen molar-refractivity contribution in [1.82, 2.24) is 9.13 Å². The van der Waals surface area contributed by atoms with Gasteiger partial charge in [0.15, 0.2) is 0 Å². The minimum absolute atomic E-state index is 1.17. The molecule has 0 bridgehead atoms. The van der Waals surface area contributed by atoms with Crippen LogP contribution in [0, 0.1) is 0 Å². The number of rotatable bonds is 4. The molecular weight excluding hydrogens is 777 g/mol. The predicted molar refractivity (Wildman–Crippen MR) is 272 cm³/mol. The highest BCUT2D eigenvalue weighted by molar-refractivity contribution is 7.05. The SMILES string of the molecule is C[Si]1(C)c2ccccc2-c2cc3cc(-n4c5ccccc5c5cc(-c6ccc7c(c6)c6cc(-c8ccccc8)ccc6n7-c6ccccc6)ccc54)c4cccc5ccc(c21)c3c54. The minimum atomic E-state index is -1.91. The first-order valence-corrected chi connectivity index (χ1v) is 25.1. The molecule has 0 N–H and O–H groups in total. The van der Waals surface area contributed by atoms with Crippen molar-refractivity contribution in [2.24, 2.45) is 0 Å². The summed E-state index contributed by atoms with van der Waals surface area (Å²) in [6, 6.07) is 77.4. The van der Waals surface area contributed by atoms with Crippen LogP contribution in [0.1, 0.15) is 0 Å². The number of hydrogen-bond donors (Lipinski definition) is 0. The lowest BCUT2D eigenvalue weighted by atomic mass is 9.90. The van der Waals surface area contributed by atoms with Gasteiger partial charge in [0.1, 0.15) is 8.07 Å². The highest BCUT2D eigenvalue weighted by Gasteiger charge is 2.39.